The summed E-state index contributed by atoms with van der Waals surface area (Å²) in [4.78, 5) is 19.4. The number of fused-ring (bicyclic) bond motifs is 1. The number of amides is 1. The molecule has 8 heteroatoms. The zero-order chi connectivity index (χ0) is 20.9. The van der Waals surface area contributed by atoms with Gasteiger partial charge in [-0.3, -0.25) is 9.69 Å². The van der Waals surface area contributed by atoms with E-state index >= 15 is 0 Å². The number of ether oxygens (including phenoxy) is 3. The second kappa shape index (κ2) is 9.64. The van der Waals surface area contributed by atoms with Crippen molar-refractivity contribution >= 4 is 44.2 Å². The van der Waals surface area contributed by atoms with Crippen LogP contribution in [0.15, 0.2) is 42.5 Å². The summed E-state index contributed by atoms with van der Waals surface area (Å²) >= 11 is 7.55. The summed E-state index contributed by atoms with van der Waals surface area (Å²) in [6, 6.07) is 12.8. The third-order valence-electron chi connectivity index (χ3n) is 4.78. The van der Waals surface area contributed by atoms with E-state index in [1.165, 1.54) is 11.3 Å². The highest BCUT2D eigenvalue weighted by Gasteiger charge is 2.26. The Morgan fingerprint density at radius 1 is 1.23 bits per heavy atom. The van der Waals surface area contributed by atoms with E-state index in [0.29, 0.717) is 29.1 Å². The SMILES string of the molecule is CCOc1ccc(OCC(=O)N(CC2CCCO2)c2nc3ccc(Cl)cc3s2)cc1. The zero-order valence-electron chi connectivity index (χ0n) is 16.7. The molecule has 1 unspecified atom stereocenters. The van der Waals surface area contributed by atoms with E-state index in [2.05, 4.69) is 4.98 Å². The lowest BCUT2D eigenvalue weighted by Crippen LogP contribution is -2.40. The van der Waals surface area contributed by atoms with Crippen molar-refractivity contribution in [1.29, 1.82) is 0 Å². The van der Waals surface area contributed by atoms with Gasteiger partial charge in [0.2, 0.25) is 0 Å². The van der Waals surface area contributed by atoms with Gasteiger partial charge in [-0.25, -0.2) is 4.98 Å². The highest BCUT2D eigenvalue weighted by Crippen LogP contribution is 2.32. The monoisotopic (exact) mass is 446 g/mol. The van der Waals surface area contributed by atoms with Gasteiger partial charge in [0, 0.05) is 11.6 Å². The number of rotatable bonds is 8. The van der Waals surface area contributed by atoms with E-state index < -0.39 is 0 Å². The lowest BCUT2D eigenvalue weighted by molar-refractivity contribution is -0.120. The molecule has 1 fully saturated rings. The Labute approximate surface area is 184 Å². The lowest BCUT2D eigenvalue weighted by Gasteiger charge is -2.23. The predicted molar refractivity (Wildman–Crippen MR) is 119 cm³/mol. The van der Waals surface area contributed by atoms with Crippen LogP contribution in [-0.4, -0.2) is 43.4 Å². The van der Waals surface area contributed by atoms with Crippen molar-refractivity contribution < 1.29 is 19.0 Å². The van der Waals surface area contributed by atoms with Gasteiger partial charge in [-0.05, 0) is 62.2 Å². The molecule has 1 amide bonds. The summed E-state index contributed by atoms with van der Waals surface area (Å²) in [5.74, 6) is 1.22. The first-order chi connectivity index (χ1) is 14.6. The van der Waals surface area contributed by atoms with E-state index in [0.717, 1.165) is 35.4 Å². The van der Waals surface area contributed by atoms with Gasteiger partial charge in [0.1, 0.15) is 11.5 Å². The van der Waals surface area contributed by atoms with Crippen molar-refractivity contribution in [1.82, 2.24) is 4.98 Å². The summed E-state index contributed by atoms with van der Waals surface area (Å²) in [6.07, 6.45) is 1.94. The topological polar surface area (TPSA) is 60.9 Å². The van der Waals surface area contributed by atoms with E-state index in [9.17, 15) is 4.79 Å². The predicted octanol–water partition coefficient (Wildman–Crippen LogP) is 4.94. The van der Waals surface area contributed by atoms with Crippen LogP contribution in [0.3, 0.4) is 0 Å². The number of aromatic nitrogens is 1. The molecule has 30 heavy (non-hydrogen) atoms. The number of benzene rings is 2. The molecule has 3 aromatic rings. The largest absolute Gasteiger partial charge is 0.494 e. The normalized spacial score (nSPS) is 16.0. The molecule has 0 saturated carbocycles. The molecule has 1 aliphatic heterocycles. The first-order valence-corrected chi connectivity index (χ1v) is 11.2. The molecule has 1 aliphatic rings. The third kappa shape index (κ3) is 5.03. The van der Waals surface area contributed by atoms with Gasteiger partial charge in [0.05, 0.1) is 29.5 Å². The van der Waals surface area contributed by atoms with E-state index in [4.69, 9.17) is 25.8 Å². The van der Waals surface area contributed by atoms with Crippen LogP contribution in [0.2, 0.25) is 5.02 Å². The summed E-state index contributed by atoms with van der Waals surface area (Å²) in [5.41, 5.74) is 0.817. The van der Waals surface area contributed by atoms with Crippen molar-refractivity contribution in [3.8, 4) is 11.5 Å². The maximum atomic E-state index is 13.1. The van der Waals surface area contributed by atoms with Crippen LogP contribution in [0.25, 0.3) is 10.2 Å². The Kier molecular flexibility index (Phi) is 6.72. The molecular formula is C22H23ClN2O4S. The average molecular weight is 447 g/mol. The van der Waals surface area contributed by atoms with Crippen LogP contribution in [0.5, 0.6) is 11.5 Å². The molecule has 0 bridgehead atoms. The van der Waals surface area contributed by atoms with Gasteiger partial charge in [-0.1, -0.05) is 22.9 Å². The number of hydrogen-bond donors (Lipinski definition) is 0. The molecule has 0 spiro atoms. The fourth-order valence-corrected chi connectivity index (χ4v) is 4.57. The summed E-state index contributed by atoms with van der Waals surface area (Å²) < 4.78 is 17.9. The number of hydrogen-bond acceptors (Lipinski definition) is 6. The van der Waals surface area contributed by atoms with Crippen LogP contribution in [0.1, 0.15) is 19.8 Å². The zero-order valence-corrected chi connectivity index (χ0v) is 18.2. The lowest BCUT2D eigenvalue weighted by atomic mass is 10.2. The van der Waals surface area contributed by atoms with Crippen molar-refractivity contribution in [3.05, 3.63) is 47.5 Å². The van der Waals surface area contributed by atoms with Crippen molar-refractivity contribution in [2.24, 2.45) is 0 Å². The standard InChI is InChI=1S/C22H23ClN2O4S/c1-2-27-16-6-8-17(9-7-16)29-14-21(26)25(13-18-4-3-11-28-18)22-24-19-10-5-15(23)12-20(19)30-22/h5-10,12,18H,2-4,11,13-14H2,1H3. The van der Waals surface area contributed by atoms with Crippen LogP contribution < -0.4 is 14.4 Å². The minimum absolute atomic E-state index is 0.00928. The maximum absolute atomic E-state index is 13.1. The van der Waals surface area contributed by atoms with E-state index in [-0.39, 0.29) is 18.6 Å². The quantitative estimate of drug-likeness (QED) is 0.490. The fourth-order valence-electron chi connectivity index (χ4n) is 3.30. The average Bonchev–Trinajstić information content (AvgIpc) is 3.40. The van der Waals surface area contributed by atoms with Crippen LogP contribution in [0, 0.1) is 0 Å². The number of carbonyl (C=O) groups is 1. The number of nitrogens with zero attached hydrogens (tertiary/aromatic N) is 2. The van der Waals surface area contributed by atoms with Crippen molar-refractivity contribution in [3.63, 3.8) is 0 Å². The highest BCUT2D eigenvalue weighted by molar-refractivity contribution is 7.22. The van der Waals surface area contributed by atoms with E-state index in [1.54, 1.807) is 23.1 Å². The Morgan fingerprint density at radius 2 is 2.00 bits per heavy atom. The summed E-state index contributed by atoms with van der Waals surface area (Å²) in [5, 5.41) is 1.27. The molecule has 1 atom stereocenters. The molecule has 1 saturated heterocycles. The second-order valence-corrected chi connectivity index (χ2v) is 8.39. The van der Waals surface area contributed by atoms with Gasteiger partial charge in [-0.15, -0.1) is 0 Å². The molecule has 4 rings (SSSR count). The fraction of sp³-hybridized carbons (Fsp3) is 0.364. The molecule has 0 N–H and O–H groups in total. The second-order valence-electron chi connectivity index (χ2n) is 6.94. The third-order valence-corrected chi connectivity index (χ3v) is 6.05. The van der Waals surface area contributed by atoms with Gasteiger partial charge >= 0.3 is 0 Å². The number of halogens is 1. The molecule has 2 aromatic carbocycles. The molecule has 0 aliphatic carbocycles. The summed E-state index contributed by atoms with van der Waals surface area (Å²) in [7, 11) is 0. The maximum Gasteiger partial charge on any atom is 0.266 e. The van der Waals surface area contributed by atoms with Crippen LogP contribution >= 0.6 is 22.9 Å². The van der Waals surface area contributed by atoms with Gasteiger partial charge in [0.15, 0.2) is 11.7 Å². The Morgan fingerprint density at radius 3 is 2.70 bits per heavy atom. The summed E-state index contributed by atoms with van der Waals surface area (Å²) in [6.45, 7) is 3.63. The van der Waals surface area contributed by atoms with Gasteiger partial charge in [0.25, 0.3) is 5.91 Å². The van der Waals surface area contributed by atoms with Gasteiger partial charge < -0.3 is 14.2 Å². The van der Waals surface area contributed by atoms with Gasteiger partial charge in [-0.2, -0.15) is 0 Å². The minimum atomic E-state index is -0.162. The molecule has 6 nitrogen and oxygen atoms in total. The first kappa shape index (κ1) is 20.9. The molecule has 158 valence electrons. The molecule has 2 heterocycles. The van der Waals surface area contributed by atoms with Crippen molar-refractivity contribution in [2.75, 3.05) is 31.3 Å². The number of thiazole rings is 1. The first-order valence-electron chi connectivity index (χ1n) is 9.96. The smallest absolute Gasteiger partial charge is 0.266 e. The minimum Gasteiger partial charge on any atom is -0.494 e. The highest BCUT2D eigenvalue weighted by atomic mass is 35.5. The Hall–Kier alpha value is -2.35. The molecular weight excluding hydrogens is 424 g/mol. The Balaban J connectivity index is 1.49. The number of carbonyl (C=O) groups excluding carboxylic acids is 1. The van der Waals surface area contributed by atoms with Crippen molar-refractivity contribution in [2.45, 2.75) is 25.9 Å². The Bertz CT molecular complexity index is 1000. The van der Waals surface area contributed by atoms with E-state index in [1.807, 2.05) is 31.2 Å². The molecule has 1 aromatic heterocycles. The van der Waals surface area contributed by atoms with Crippen LogP contribution in [-0.2, 0) is 9.53 Å². The van der Waals surface area contributed by atoms with Crippen LogP contribution in [0.4, 0.5) is 5.13 Å². The number of anilines is 1. The molecule has 0 radical (unpaired) electrons.